The van der Waals surface area contributed by atoms with Gasteiger partial charge in [-0.05, 0) is 31.7 Å². The summed E-state index contributed by atoms with van der Waals surface area (Å²) in [7, 11) is 1.71. The molecular formula is C13H20N2O. The Bertz CT molecular complexity index is 361. The van der Waals surface area contributed by atoms with Crippen molar-refractivity contribution in [1.82, 2.24) is 5.43 Å². The molecule has 0 saturated heterocycles. The number of hydrogen-bond donors (Lipinski definition) is 2. The van der Waals surface area contributed by atoms with E-state index in [1.165, 1.54) is 30.4 Å². The van der Waals surface area contributed by atoms with Crippen molar-refractivity contribution in [2.24, 2.45) is 11.8 Å². The summed E-state index contributed by atoms with van der Waals surface area (Å²) in [6.45, 7) is 2.09. The molecule has 88 valence electrons. The van der Waals surface area contributed by atoms with E-state index in [9.17, 15) is 0 Å². The van der Waals surface area contributed by atoms with Crippen LogP contribution < -0.4 is 16.0 Å². The second-order valence-corrected chi connectivity index (χ2v) is 4.58. The second-order valence-electron chi connectivity index (χ2n) is 4.58. The van der Waals surface area contributed by atoms with Gasteiger partial charge in [-0.25, -0.2) is 0 Å². The summed E-state index contributed by atoms with van der Waals surface area (Å²) in [5.74, 6) is 7.27. The standard InChI is InChI=1S/C13H20N2O/c1-9-6-7-12(16-2)11(8-9)13(15-14)10-4-3-5-10/h6-8,10,13,15H,3-5,14H2,1-2H3. The van der Waals surface area contributed by atoms with Crippen molar-refractivity contribution in [3.8, 4) is 5.75 Å². The summed E-state index contributed by atoms with van der Waals surface area (Å²) < 4.78 is 5.41. The molecule has 16 heavy (non-hydrogen) atoms. The van der Waals surface area contributed by atoms with Gasteiger partial charge < -0.3 is 4.74 Å². The smallest absolute Gasteiger partial charge is 0.123 e. The Hall–Kier alpha value is -1.06. The van der Waals surface area contributed by atoms with Crippen LogP contribution in [-0.2, 0) is 0 Å². The Balaban J connectivity index is 2.31. The normalized spacial score (nSPS) is 17.9. The first-order chi connectivity index (χ1) is 7.76. The summed E-state index contributed by atoms with van der Waals surface area (Å²) in [6.07, 6.45) is 3.83. The average molecular weight is 220 g/mol. The quantitative estimate of drug-likeness (QED) is 0.604. The van der Waals surface area contributed by atoms with E-state index in [0.717, 1.165) is 5.75 Å². The van der Waals surface area contributed by atoms with Gasteiger partial charge in [0.15, 0.2) is 0 Å². The SMILES string of the molecule is COc1ccc(C)cc1C(NN)C1CCC1. The third kappa shape index (κ3) is 2.06. The van der Waals surface area contributed by atoms with Gasteiger partial charge in [0.05, 0.1) is 13.2 Å². The molecular weight excluding hydrogens is 200 g/mol. The highest BCUT2D eigenvalue weighted by Crippen LogP contribution is 2.40. The Morgan fingerprint density at radius 3 is 2.69 bits per heavy atom. The zero-order valence-electron chi connectivity index (χ0n) is 9.99. The lowest BCUT2D eigenvalue weighted by Gasteiger charge is -2.34. The topological polar surface area (TPSA) is 47.3 Å². The molecule has 0 amide bonds. The molecule has 3 N–H and O–H groups in total. The van der Waals surface area contributed by atoms with Crippen LogP contribution in [0.1, 0.15) is 36.4 Å². The number of rotatable bonds is 4. The Morgan fingerprint density at radius 2 is 2.19 bits per heavy atom. The second kappa shape index (κ2) is 4.85. The average Bonchev–Trinajstić information content (AvgIpc) is 2.23. The Kier molecular flexibility index (Phi) is 3.46. The number of ether oxygens (including phenoxy) is 1. The van der Waals surface area contributed by atoms with E-state index in [-0.39, 0.29) is 6.04 Å². The van der Waals surface area contributed by atoms with E-state index >= 15 is 0 Å². The third-order valence-corrected chi connectivity index (χ3v) is 3.52. The highest BCUT2D eigenvalue weighted by Gasteiger charge is 2.29. The Labute approximate surface area is 97.0 Å². The molecule has 0 bridgehead atoms. The van der Waals surface area contributed by atoms with Crippen LogP contribution in [0.2, 0.25) is 0 Å². The van der Waals surface area contributed by atoms with Crippen molar-refractivity contribution < 1.29 is 4.74 Å². The van der Waals surface area contributed by atoms with Crippen LogP contribution in [0.25, 0.3) is 0 Å². The fourth-order valence-corrected chi connectivity index (χ4v) is 2.35. The molecule has 3 nitrogen and oxygen atoms in total. The maximum Gasteiger partial charge on any atom is 0.123 e. The lowest BCUT2D eigenvalue weighted by atomic mass is 9.77. The van der Waals surface area contributed by atoms with Crippen molar-refractivity contribution in [1.29, 1.82) is 0 Å². The minimum atomic E-state index is 0.226. The molecule has 1 unspecified atom stereocenters. The predicted octanol–water partition coefficient (Wildman–Crippen LogP) is 2.31. The van der Waals surface area contributed by atoms with Gasteiger partial charge in [0.2, 0.25) is 0 Å². The summed E-state index contributed by atoms with van der Waals surface area (Å²) in [4.78, 5) is 0. The zero-order chi connectivity index (χ0) is 11.5. The molecule has 1 aromatic carbocycles. The molecule has 3 heteroatoms. The van der Waals surface area contributed by atoms with E-state index in [2.05, 4.69) is 24.5 Å². The van der Waals surface area contributed by atoms with Gasteiger partial charge in [-0.1, -0.05) is 24.1 Å². The molecule has 1 aliphatic carbocycles. The number of aryl methyl sites for hydroxylation is 1. The van der Waals surface area contributed by atoms with Crippen LogP contribution in [0.4, 0.5) is 0 Å². The van der Waals surface area contributed by atoms with Gasteiger partial charge >= 0.3 is 0 Å². The van der Waals surface area contributed by atoms with Gasteiger partial charge in [0, 0.05) is 5.56 Å². The maximum absolute atomic E-state index is 5.68. The summed E-state index contributed by atoms with van der Waals surface area (Å²) >= 11 is 0. The molecule has 1 atom stereocenters. The molecule has 1 saturated carbocycles. The van der Waals surface area contributed by atoms with Gasteiger partial charge in [-0.2, -0.15) is 0 Å². The lowest BCUT2D eigenvalue weighted by Crippen LogP contribution is -2.36. The van der Waals surface area contributed by atoms with E-state index in [1.54, 1.807) is 7.11 Å². The molecule has 0 radical (unpaired) electrons. The van der Waals surface area contributed by atoms with Gasteiger partial charge in [0.25, 0.3) is 0 Å². The van der Waals surface area contributed by atoms with Crippen molar-refractivity contribution in [2.75, 3.05) is 7.11 Å². The van der Waals surface area contributed by atoms with Crippen molar-refractivity contribution in [2.45, 2.75) is 32.2 Å². The van der Waals surface area contributed by atoms with Crippen LogP contribution in [0.5, 0.6) is 5.75 Å². The first-order valence-corrected chi connectivity index (χ1v) is 5.87. The third-order valence-electron chi connectivity index (χ3n) is 3.52. The van der Waals surface area contributed by atoms with Crippen molar-refractivity contribution in [3.05, 3.63) is 29.3 Å². The van der Waals surface area contributed by atoms with Crippen molar-refractivity contribution >= 4 is 0 Å². The van der Waals surface area contributed by atoms with E-state index in [0.29, 0.717) is 5.92 Å². The number of nitrogens with one attached hydrogen (secondary N) is 1. The molecule has 0 aromatic heterocycles. The molecule has 1 aromatic rings. The summed E-state index contributed by atoms with van der Waals surface area (Å²) in [5.41, 5.74) is 5.38. The summed E-state index contributed by atoms with van der Waals surface area (Å²) in [5, 5.41) is 0. The highest BCUT2D eigenvalue weighted by molar-refractivity contribution is 5.39. The van der Waals surface area contributed by atoms with Crippen LogP contribution in [0.3, 0.4) is 0 Å². The molecule has 1 aliphatic rings. The minimum Gasteiger partial charge on any atom is -0.496 e. The first-order valence-electron chi connectivity index (χ1n) is 5.87. The lowest BCUT2D eigenvalue weighted by molar-refractivity contribution is 0.228. The zero-order valence-corrected chi connectivity index (χ0v) is 9.99. The Morgan fingerprint density at radius 1 is 1.44 bits per heavy atom. The molecule has 1 fully saturated rings. The van der Waals surface area contributed by atoms with Crippen LogP contribution in [0.15, 0.2) is 18.2 Å². The largest absolute Gasteiger partial charge is 0.496 e. The number of methoxy groups -OCH3 is 1. The van der Waals surface area contributed by atoms with Crippen LogP contribution in [0, 0.1) is 12.8 Å². The molecule has 0 heterocycles. The minimum absolute atomic E-state index is 0.226. The molecule has 0 spiro atoms. The summed E-state index contributed by atoms with van der Waals surface area (Å²) in [6, 6.07) is 6.48. The number of nitrogens with two attached hydrogens (primary N) is 1. The van der Waals surface area contributed by atoms with Gasteiger partial charge in [-0.3, -0.25) is 11.3 Å². The fourth-order valence-electron chi connectivity index (χ4n) is 2.35. The number of hydrazine groups is 1. The van der Waals surface area contributed by atoms with E-state index in [4.69, 9.17) is 10.6 Å². The first kappa shape index (κ1) is 11.4. The van der Waals surface area contributed by atoms with Gasteiger partial charge in [0.1, 0.15) is 5.75 Å². The number of hydrogen-bond acceptors (Lipinski definition) is 3. The van der Waals surface area contributed by atoms with Crippen LogP contribution in [-0.4, -0.2) is 7.11 Å². The predicted molar refractivity (Wildman–Crippen MR) is 65.1 cm³/mol. The van der Waals surface area contributed by atoms with Gasteiger partial charge in [-0.15, -0.1) is 0 Å². The molecule has 0 aliphatic heterocycles. The van der Waals surface area contributed by atoms with E-state index in [1.807, 2.05) is 6.07 Å². The van der Waals surface area contributed by atoms with Crippen LogP contribution >= 0.6 is 0 Å². The maximum atomic E-state index is 5.68. The number of benzene rings is 1. The highest BCUT2D eigenvalue weighted by atomic mass is 16.5. The van der Waals surface area contributed by atoms with E-state index < -0.39 is 0 Å². The van der Waals surface area contributed by atoms with Crippen molar-refractivity contribution in [3.63, 3.8) is 0 Å². The monoisotopic (exact) mass is 220 g/mol. The molecule has 2 rings (SSSR count). The fraction of sp³-hybridized carbons (Fsp3) is 0.538.